The highest BCUT2D eigenvalue weighted by Crippen LogP contribution is 2.24. The van der Waals surface area contributed by atoms with E-state index in [9.17, 15) is 19.5 Å². The van der Waals surface area contributed by atoms with Crippen LogP contribution in [0.5, 0.6) is 0 Å². The van der Waals surface area contributed by atoms with E-state index in [-0.39, 0.29) is 23.6 Å². The van der Waals surface area contributed by atoms with E-state index in [2.05, 4.69) is 20.3 Å². The number of aromatic nitrogens is 4. The number of hydrogen-bond donors (Lipinski definition) is 2. The number of hydrogen-bond acceptors (Lipinski definition) is 9. The molecule has 156 valence electrons. The van der Waals surface area contributed by atoms with Gasteiger partial charge in [-0.3, -0.25) is 19.0 Å². The summed E-state index contributed by atoms with van der Waals surface area (Å²) in [7, 11) is 1.33. The monoisotopic (exact) mass is 413 g/mol. The third-order valence-corrected chi connectivity index (χ3v) is 4.24. The van der Waals surface area contributed by atoms with E-state index in [1.165, 1.54) is 24.3 Å². The Bertz CT molecular complexity index is 1040. The Labute approximate surface area is 170 Å². The number of methoxy groups -OCH3 is 1. The van der Waals surface area contributed by atoms with Crippen molar-refractivity contribution in [3.05, 3.63) is 48.5 Å². The quantitative estimate of drug-likeness (QED) is 0.450. The smallest absolute Gasteiger partial charge is 0.256 e. The molecule has 2 N–H and O–H groups in total. The number of amides is 1. The van der Waals surface area contributed by atoms with Crippen molar-refractivity contribution in [3.63, 3.8) is 0 Å². The number of fused-ring (bicyclic) bond motifs is 1. The van der Waals surface area contributed by atoms with Gasteiger partial charge < -0.3 is 19.9 Å². The van der Waals surface area contributed by atoms with Gasteiger partial charge in [0.1, 0.15) is 6.33 Å². The summed E-state index contributed by atoms with van der Waals surface area (Å²) in [4.78, 5) is 47.9. The van der Waals surface area contributed by atoms with E-state index < -0.39 is 24.3 Å². The van der Waals surface area contributed by atoms with E-state index in [1.807, 2.05) is 0 Å². The first kappa shape index (κ1) is 21.2. The lowest BCUT2D eigenvalue weighted by atomic mass is 10.1. The lowest BCUT2D eigenvalue weighted by Gasteiger charge is -2.28. The van der Waals surface area contributed by atoms with Gasteiger partial charge in [0.05, 0.1) is 19.5 Å². The summed E-state index contributed by atoms with van der Waals surface area (Å²) in [5.74, 6) is -0.258. The lowest BCUT2D eigenvalue weighted by Crippen LogP contribution is -2.45. The number of aliphatic hydroxyl groups is 1. The topological polar surface area (TPSA) is 146 Å². The fourth-order valence-electron chi connectivity index (χ4n) is 2.75. The molecule has 0 fully saturated rings. The minimum absolute atomic E-state index is 0.137. The molecule has 0 radical (unpaired) electrons. The molecule has 11 heteroatoms. The number of benzene rings is 1. The number of carbonyl (C=O) groups is 3. The Morgan fingerprint density at radius 1 is 1.27 bits per heavy atom. The predicted octanol–water partition coefficient (Wildman–Crippen LogP) is 0.369. The van der Waals surface area contributed by atoms with Gasteiger partial charge in [-0.25, -0.2) is 15.0 Å². The molecule has 2 atom stereocenters. The molecule has 0 aliphatic rings. The van der Waals surface area contributed by atoms with Gasteiger partial charge in [-0.1, -0.05) is 18.2 Å². The van der Waals surface area contributed by atoms with E-state index in [0.29, 0.717) is 18.1 Å². The standard InChI is InChI=1S/C19H19N5O6/c1-29-10-19(8-26,9-27)30-14(7-25)24-12-22-15-16(20-11-21-17(15)24)23-18(28)13-5-3-2-4-6-13/h2-8,11-12,14,27H,9-10H2,1H3,(H,20,21,23,28)/t14?,19-/m0/s1. The molecular formula is C19H19N5O6. The maximum Gasteiger partial charge on any atom is 0.256 e. The van der Waals surface area contributed by atoms with Crippen molar-refractivity contribution in [2.24, 2.45) is 0 Å². The Balaban J connectivity index is 1.92. The molecule has 2 heterocycles. The van der Waals surface area contributed by atoms with Crippen LogP contribution in [-0.2, 0) is 19.1 Å². The molecule has 0 aliphatic heterocycles. The molecule has 30 heavy (non-hydrogen) atoms. The average molecular weight is 413 g/mol. The number of rotatable bonds is 10. The summed E-state index contributed by atoms with van der Waals surface area (Å²) in [6, 6.07) is 8.53. The van der Waals surface area contributed by atoms with Crippen molar-refractivity contribution in [3.8, 4) is 0 Å². The molecule has 0 saturated heterocycles. The van der Waals surface area contributed by atoms with E-state index in [4.69, 9.17) is 9.47 Å². The second-order valence-corrected chi connectivity index (χ2v) is 6.28. The van der Waals surface area contributed by atoms with Gasteiger partial charge in [-0.2, -0.15) is 0 Å². The zero-order valence-corrected chi connectivity index (χ0v) is 16.0. The molecule has 3 aromatic rings. The molecule has 0 saturated carbocycles. The van der Waals surface area contributed by atoms with Crippen LogP contribution in [0.4, 0.5) is 5.82 Å². The molecule has 11 nitrogen and oxygen atoms in total. The van der Waals surface area contributed by atoms with Crippen LogP contribution in [0, 0.1) is 0 Å². The Kier molecular flexibility index (Phi) is 6.57. The first-order valence-corrected chi connectivity index (χ1v) is 8.80. The second-order valence-electron chi connectivity index (χ2n) is 6.28. The Hall–Kier alpha value is -3.54. The summed E-state index contributed by atoms with van der Waals surface area (Å²) in [6.07, 6.45) is 1.91. The number of aldehydes is 2. The van der Waals surface area contributed by atoms with Crippen LogP contribution in [0.1, 0.15) is 16.6 Å². The molecular weight excluding hydrogens is 394 g/mol. The van der Waals surface area contributed by atoms with Gasteiger partial charge in [-0.15, -0.1) is 0 Å². The van der Waals surface area contributed by atoms with Gasteiger partial charge in [0.25, 0.3) is 5.91 Å². The molecule has 0 bridgehead atoms. The summed E-state index contributed by atoms with van der Waals surface area (Å²) < 4.78 is 11.7. The van der Waals surface area contributed by atoms with Crippen molar-refractivity contribution >= 4 is 35.5 Å². The van der Waals surface area contributed by atoms with Crippen molar-refractivity contribution in [1.82, 2.24) is 19.5 Å². The Morgan fingerprint density at radius 3 is 2.67 bits per heavy atom. The number of imidazole rings is 1. The van der Waals surface area contributed by atoms with Crippen molar-refractivity contribution < 1.29 is 29.0 Å². The number of nitrogens with zero attached hydrogens (tertiary/aromatic N) is 4. The fraction of sp³-hybridized carbons (Fsp3) is 0.263. The third-order valence-electron chi connectivity index (χ3n) is 4.24. The highest BCUT2D eigenvalue weighted by Gasteiger charge is 2.35. The first-order valence-electron chi connectivity index (χ1n) is 8.80. The summed E-state index contributed by atoms with van der Waals surface area (Å²) in [6.45, 7) is -0.966. The fourth-order valence-corrected chi connectivity index (χ4v) is 2.75. The second kappa shape index (κ2) is 9.31. The lowest BCUT2D eigenvalue weighted by molar-refractivity contribution is -0.173. The molecule has 1 aromatic carbocycles. The number of nitrogens with one attached hydrogen (secondary N) is 1. The molecule has 1 amide bonds. The van der Waals surface area contributed by atoms with Crippen molar-refractivity contribution in [2.75, 3.05) is 25.6 Å². The van der Waals surface area contributed by atoms with Crippen molar-refractivity contribution in [2.45, 2.75) is 11.8 Å². The van der Waals surface area contributed by atoms with Gasteiger partial charge in [0.2, 0.25) is 0 Å². The minimum Gasteiger partial charge on any atom is -0.393 e. The van der Waals surface area contributed by atoms with E-state index in [1.54, 1.807) is 30.3 Å². The highest BCUT2D eigenvalue weighted by molar-refractivity contribution is 6.06. The number of ether oxygens (including phenoxy) is 2. The van der Waals surface area contributed by atoms with Crippen LogP contribution in [-0.4, -0.2) is 69.0 Å². The molecule has 3 rings (SSSR count). The summed E-state index contributed by atoms with van der Waals surface area (Å²) in [5.41, 5.74) is -0.921. The largest absolute Gasteiger partial charge is 0.393 e. The van der Waals surface area contributed by atoms with Crippen LogP contribution >= 0.6 is 0 Å². The highest BCUT2D eigenvalue weighted by atomic mass is 16.6. The first-order chi connectivity index (χ1) is 14.6. The van der Waals surface area contributed by atoms with Crippen LogP contribution in [0.3, 0.4) is 0 Å². The molecule has 0 aliphatic carbocycles. The van der Waals surface area contributed by atoms with Crippen LogP contribution in [0.2, 0.25) is 0 Å². The van der Waals surface area contributed by atoms with Gasteiger partial charge in [-0.05, 0) is 12.1 Å². The van der Waals surface area contributed by atoms with Crippen LogP contribution in [0.15, 0.2) is 43.0 Å². The van der Waals surface area contributed by atoms with E-state index >= 15 is 0 Å². The zero-order chi connectivity index (χ0) is 21.6. The maximum absolute atomic E-state index is 12.4. The minimum atomic E-state index is -1.74. The third kappa shape index (κ3) is 4.22. The number of anilines is 1. The number of aliphatic hydroxyl groups excluding tert-OH is 1. The average Bonchev–Trinajstić information content (AvgIpc) is 3.22. The van der Waals surface area contributed by atoms with Gasteiger partial charge in [0, 0.05) is 12.7 Å². The van der Waals surface area contributed by atoms with E-state index in [0.717, 1.165) is 0 Å². The Morgan fingerprint density at radius 2 is 2.03 bits per heavy atom. The normalized spacial score (nSPS) is 14.1. The molecule has 2 aromatic heterocycles. The molecule has 1 unspecified atom stereocenters. The van der Waals surface area contributed by atoms with Crippen molar-refractivity contribution in [1.29, 1.82) is 0 Å². The maximum atomic E-state index is 12.4. The number of carbonyl (C=O) groups excluding carboxylic acids is 3. The van der Waals surface area contributed by atoms with Crippen LogP contribution < -0.4 is 5.32 Å². The summed E-state index contributed by atoms with van der Waals surface area (Å²) in [5, 5.41) is 12.2. The molecule has 0 spiro atoms. The SMILES string of the molecule is COC[C@](C=O)(CO)OC(C=O)n1cnc2c(NC(=O)c3ccccc3)ncnc21. The van der Waals surface area contributed by atoms with Crippen LogP contribution in [0.25, 0.3) is 11.2 Å². The predicted molar refractivity (Wildman–Crippen MR) is 104 cm³/mol. The van der Waals surface area contributed by atoms with Gasteiger partial charge >= 0.3 is 0 Å². The van der Waals surface area contributed by atoms with Gasteiger partial charge in [0.15, 0.2) is 41.4 Å². The zero-order valence-electron chi connectivity index (χ0n) is 16.0. The summed E-state index contributed by atoms with van der Waals surface area (Å²) >= 11 is 0.